The number of nitrogens with zero attached hydrogens (tertiary/aromatic N) is 1. The van der Waals surface area contributed by atoms with Crippen LogP contribution in [0.2, 0.25) is 0 Å². The third-order valence-electron chi connectivity index (χ3n) is 3.36. The third kappa shape index (κ3) is 2.80. The van der Waals surface area contributed by atoms with E-state index in [-0.39, 0.29) is 24.7 Å². The lowest BCUT2D eigenvalue weighted by atomic mass is 10.0. The summed E-state index contributed by atoms with van der Waals surface area (Å²) in [5.74, 6) is 0.454. The van der Waals surface area contributed by atoms with Gasteiger partial charge in [-0.15, -0.1) is 11.8 Å². The molecule has 2 fully saturated rings. The Kier molecular flexibility index (Phi) is 5.47. The number of esters is 1. The molecule has 0 radical (unpaired) electrons. The van der Waals surface area contributed by atoms with Gasteiger partial charge in [-0.05, 0) is 31.4 Å². The van der Waals surface area contributed by atoms with Crippen LogP contribution in [0.25, 0.3) is 0 Å². The molecule has 104 valence electrons. The molecule has 2 saturated heterocycles. The van der Waals surface area contributed by atoms with Crippen LogP contribution in [0.5, 0.6) is 0 Å². The molecule has 2 aliphatic heterocycles. The Balaban J connectivity index is 0.00000162. The molecule has 0 aromatic heterocycles. The molecule has 2 heterocycles. The summed E-state index contributed by atoms with van der Waals surface area (Å²) in [5.41, 5.74) is 5.83. The van der Waals surface area contributed by atoms with Crippen LogP contribution >= 0.6 is 11.8 Å². The van der Waals surface area contributed by atoms with Gasteiger partial charge in [0.1, 0.15) is 6.04 Å². The smallest absolute Gasteiger partial charge is 0.328 e. The third-order valence-corrected chi connectivity index (χ3v) is 4.68. The molecule has 5 nitrogen and oxygen atoms in total. The Morgan fingerprint density at radius 3 is 2.83 bits per heavy atom. The van der Waals surface area contributed by atoms with Gasteiger partial charge >= 0.3 is 5.97 Å². The Morgan fingerprint density at radius 1 is 1.44 bits per heavy atom. The first-order valence-electron chi connectivity index (χ1n) is 5.92. The van der Waals surface area contributed by atoms with E-state index < -0.39 is 12.1 Å². The number of piperidine rings is 1. The van der Waals surface area contributed by atoms with Crippen molar-refractivity contribution in [1.29, 1.82) is 0 Å². The highest BCUT2D eigenvalue weighted by Crippen LogP contribution is 2.34. The van der Waals surface area contributed by atoms with Gasteiger partial charge in [-0.2, -0.15) is 0 Å². The molecule has 0 aromatic carbocycles. The van der Waals surface area contributed by atoms with Gasteiger partial charge in [0.2, 0.25) is 5.91 Å². The van der Waals surface area contributed by atoms with Gasteiger partial charge < -0.3 is 15.4 Å². The van der Waals surface area contributed by atoms with Crippen molar-refractivity contribution in [2.75, 3.05) is 12.9 Å². The minimum absolute atomic E-state index is 0. The van der Waals surface area contributed by atoms with Crippen molar-refractivity contribution < 1.29 is 14.3 Å². The van der Waals surface area contributed by atoms with Crippen LogP contribution < -0.4 is 5.73 Å². The van der Waals surface area contributed by atoms with E-state index in [2.05, 4.69) is 0 Å². The number of hydrogen-bond donors (Lipinski definition) is 1. The Labute approximate surface area is 112 Å². The number of fused-ring (bicyclic) bond motifs is 1. The maximum Gasteiger partial charge on any atom is 0.328 e. The van der Waals surface area contributed by atoms with E-state index in [1.807, 2.05) is 0 Å². The second kappa shape index (κ2) is 6.43. The molecule has 0 aliphatic carbocycles. The number of carbonyl (C=O) groups is 2. The molecular formula is C12H22N2O3S. The Bertz CT molecular complexity index is 324. The normalized spacial score (nSPS) is 32.0. The summed E-state index contributed by atoms with van der Waals surface area (Å²) in [4.78, 5) is 25.6. The first kappa shape index (κ1) is 15.3. The minimum Gasteiger partial charge on any atom is -0.467 e. The summed E-state index contributed by atoms with van der Waals surface area (Å²) >= 11 is 1.72. The van der Waals surface area contributed by atoms with Crippen LogP contribution in [-0.2, 0) is 14.3 Å². The van der Waals surface area contributed by atoms with Crippen molar-refractivity contribution in [3.8, 4) is 0 Å². The topological polar surface area (TPSA) is 72.6 Å². The van der Waals surface area contributed by atoms with E-state index in [4.69, 9.17) is 10.5 Å². The van der Waals surface area contributed by atoms with Crippen molar-refractivity contribution in [2.45, 2.75) is 50.6 Å². The zero-order chi connectivity index (χ0) is 12.4. The summed E-state index contributed by atoms with van der Waals surface area (Å²) in [7, 11) is 1.36. The molecular weight excluding hydrogens is 252 g/mol. The number of nitrogens with two attached hydrogens (primary N) is 1. The number of rotatable bonds is 1. The van der Waals surface area contributed by atoms with Crippen LogP contribution in [0, 0.1) is 0 Å². The Morgan fingerprint density at radius 2 is 2.17 bits per heavy atom. The SMILES string of the molecule is C.COC(=O)C1CCCC2SCC[C@H](N)C(=O)N21. The predicted octanol–water partition coefficient (Wildman–Crippen LogP) is 0.967. The van der Waals surface area contributed by atoms with Crippen molar-refractivity contribution >= 4 is 23.6 Å². The fourth-order valence-corrected chi connectivity index (χ4v) is 3.84. The van der Waals surface area contributed by atoms with Crippen molar-refractivity contribution in [1.82, 2.24) is 4.90 Å². The number of carbonyl (C=O) groups excluding carboxylic acids is 2. The molecule has 0 aromatic rings. The fourth-order valence-electron chi connectivity index (χ4n) is 2.44. The van der Waals surface area contributed by atoms with Crippen LogP contribution in [0.1, 0.15) is 33.1 Å². The van der Waals surface area contributed by atoms with Gasteiger partial charge in [-0.25, -0.2) is 4.79 Å². The summed E-state index contributed by atoms with van der Waals surface area (Å²) in [5, 5.41) is 0.0916. The average molecular weight is 274 g/mol. The van der Waals surface area contributed by atoms with Crippen molar-refractivity contribution in [3.05, 3.63) is 0 Å². The van der Waals surface area contributed by atoms with Gasteiger partial charge in [-0.3, -0.25) is 4.79 Å². The van der Waals surface area contributed by atoms with Crippen molar-refractivity contribution in [2.24, 2.45) is 5.73 Å². The van der Waals surface area contributed by atoms with Crippen LogP contribution in [0.3, 0.4) is 0 Å². The Hall–Kier alpha value is -0.750. The molecule has 0 spiro atoms. The summed E-state index contributed by atoms with van der Waals surface area (Å²) in [6, 6.07) is -0.916. The second-order valence-corrected chi connectivity index (χ2v) is 5.72. The van der Waals surface area contributed by atoms with Gasteiger partial charge in [0.05, 0.1) is 18.5 Å². The zero-order valence-electron chi connectivity index (χ0n) is 9.93. The van der Waals surface area contributed by atoms with Gasteiger partial charge in [-0.1, -0.05) is 7.43 Å². The summed E-state index contributed by atoms with van der Waals surface area (Å²) in [6.07, 6.45) is 3.26. The largest absolute Gasteiger partial charge is 0.467 e. The first-order chi connectivity index (χ1) is 8.15. The van der Waals surface area contributed by atoms with E-state index in [1.54, 1.807) is 16.7 Å². The van der Waals surface area contributed by atoms with E-state index in [0.29, 0.717) is 12.8 Å². The van der Waals surface area contributed by atoms with E-state index in [9.17, 15) is 9.59 Å². The summed E-state index contributed by atoms with van der Waals surface area (Å²) < 4.78 is 4.78. The van der Waals surface area contributed by atoms with Crippen LogP contribution in [0.15, 0.2) is 0 Å². The minimum atomic E-state index is -0.474. The molecule has 2 aliphatic rings. The highest BCUT2D eigenvalue weighted by atomic mass is 32.2. The molecule has 0 bridgehead atoms. The van der Waals surface area contributed by atoms with Crippen LogP contribution in [-0.4, -0.2) is 47.1 Å². The lowest BCUT2D eigenvalue weighted by Gasteiger charge is -2.39. The van der Waals surface area contributed by atoms with Crippen molar-refractivity contribution in [3.63, 3.8) is 0 Å². The van der Waals surface area contributed by atoms with Gasteiger partial charge in [0.25, 0.3) is 0 Å². The standard InChI is InChI=1S/C11H18N2O3S.CH4/c1-16-11(15)8-3-2-4-9-13(8)10(14)7(12)5-6-17-9;/h7-9H,2-6,12H2,1H3;1H4/t7-,8?,9?;/m0./s1. The van der Waals surface area contributed by atoms with E-state index in [0.717, 1.165) is 18.6 Å². The number of thioether (sulfide) groups is 1. The molecule has 2 unspecified atom stereocenters. The van der Waals surface area contributed by atoms with E-state index in [1.165, 1.54) is 7.11 Å². The lowest BCUT2D eigenvalue weighted by molar-refractivity contribution is -0.155. The van der Waals surface area contributed by atoms with Gasteiger partial charge in [0.15, 0.2) is 0 Å². The predicted molar refractivity (Wildman–Crippen MR) is 72.1 cm³/mol. The molecule has 2 N–H and O–H groups in total. The summed E-state index contributed by atoms with van der Waals surface area (Å²) in [6.45, 7) is 0. The molecule has 3 atom stereocenters. The lowest BCUT2D eigenvalue weighted by Crippen LogP contribution is -2.55. The highest BCUT2D eigenvalue weighted by Gasteiger charge is 2.42. The molecule has 1 amide bonds. The number of methoxy groups -OCH3 is 1. The number of hydrogen-bond acceptors (Lipinski definition) is 5. The second-order valence-electron chi connectivity index (χ2n) is 4.44. The first-order valence-corrected chi connectivity index (χ1v) is 6.97. The molecule has 0 saturated carbocycles. The maximum absolute atomic E-state index is 12.2. The van der Waals surface area contributed by atoms with E-state index >= 15 is 0 Å². The molecule has 2 rings (SSSR count). The average Bonchev–Trinajstić information content (AvgIpc) is 2.49. The number of amides is 1. The fraction of sp³-hybridized carbons (Fsp3) is 0.833. The van der Waals surface area contributed by atoms with Crippen LogP contribution in [0.4, 0.5) is 0 Å². The highest BCUT2D eigenvalue weighted by molar-refractivity contribution is 7.99. The quantitative estimate of drug-likeness (QED) is 0.721. The monoisotopic (exact) mass is 274 g/mol. The molecule has 6 heteroatoms. The zero-order valence-corrected chi connectivity index (χ0v) is 10.7. The van der Waals surface area contributed by atoms with Gasteiger partial charge in [0, 0.05) is 0 Å². The molecule has 18 heavy (non-hydrogen) atoms. The number of ether oxygens (including phenoxy) is 1. The maximum atomic E-state index is 12.2.